The van der Waals surface area contributed by atoms with Gasteiger partial charge in [-0.05, 0) is 25.0 Å². The molecular formula is C14H13N3O2. The Kier molecular flexibility index (Phi) is 2.71. The molecule has 0 atom stereocenters. The Morgan fingerprint density at radius 2 is 2.26 bits per heavy atom. The summed E-state index contributed by atoms with van der Waals surface area (Å²) in [5.74, 6) is -0.290. The molecule has 0 bridgehead atoms. The van der Waals surface area contributed by atoms with Crippen LogP contribution in [-0.2, 0) is 11.3 Å². The van der Waals surface area contributed by atoms with Gasteiger partial charge in [-0.1, -0.05) is 6.07 Å². The first kappa shape index (κ1) is 11.7. The summed E-state index contributed by atoms with van der Waals surface area (Å²) in [5, 5.41) is 11.2. The molecule has 2 aliphatic rings. The Balaban J connectivity index is 1.87. The van der Waals surface area contributed by atoms with Crippen molar-refractivity contribution < 1.29 is 9.59 Å². The van der Waals surface area contributed by atoms with Crippen molar-refractivity contribution in [3.63, 3.8) is 0 Å². The number of benzene rings is 1. The van der Waals surface area contributed by atoms with Gasteiger partial charge in [0.2, 0.25) is 5.91 Å². The number of rotatable bonds is 3. The quantitative estimate of drug-likeness (QED) is 0.892. The molecule has 0 saturated heterocycles. The monoisotopic (exact) mass is 255 g/mol. The first-order valence-electron chi connectivity index (χ1n) is 6.30. The van der Waals surface area contributed by atoms with E-state index in [9.17, 15) is 9.59 Å². The maximum Gasteiger partial charge on any atom is 0.254 e. The van der Waals surface area contributed by atoms with Crippen molar-refractivity contribution in [1.82, 2.24) is 4.90 Å². The average Bonchev–Trinajstić information content (AvgIpc) is 3.16. The van der Waals surface area contributed by atoms with E-state index in [1.165, 1.54) is 0 Å². The summed E-state index contributed by atoms with van der Waals surface area (Å²) < 4.78 is 0. The summed E-state index contributed by atoms with van der Waals surface area (Å²) in [7, 11) is 0. The molecule has 1 N–H and O–H groups in total. The third kappa shape index (κ3) is 2.06. The average molecular weight is 255 g/mol. The molecule has 1 aromatic rings. The number of nitriles is 1. The molecule has 0 aromatic heterocycles. The van der Waals surface area contributed by atoms with Crippen LogP contribution in [0, 0.1) is 11.3 Å². The van der Waals surface area contributed by atoms with Crippen LogP contribution in [0.4, 0.5) is 5.69 Å². The molecule has 0 spiro atoms. The molecule has 3 rings (SSSR count). The van der Waals surface area contributed by atoms with Gasteiger partial charge in [0.05, 0.1) is 6.07 Å². The van der Waals surface area contributed by atoms with Crippen LogP contribution in [0.1, 0.15) is 35.2 Å². The Bertz CT molecular complexity index is 599. The van der Waals surface area contributed by atoms with E-state index in [1.54, 1.807) is 18.2 Å². The minimum atomic E-state index is -0.340. The fourth-order valence-corrected chi connectivity index (χ4v) is 2.42. The van der Waals surface area contributed by atoms with E-state index in [-0.39, 0.29) is 18.2 Å². The van der Waals surface area contributed by atoms with Gasteiger partial charge in [-0.15, -0.1) is 0 Å². The first-order valence-corrected chi connectivity index (χ1v) is 6.30. The highest BCUT2D eigenvalue weighted by molar-refractivity contribution is 6.02. The molecule has 5 nitrogen and oxygen atoms in total. The molecule has 1 heterocycles. The van der Waals surface area contributed by atoms with Gasteiger partial charge in [0.1, 0.15) is 6.42 Å². The Labute approximate surface area is 110 Å². The molecule has 1 saturated carbocycles. The molecule has 5 heteroatoms. The van der Waals surface area contributed by atoms with Gasteiger partial charge in [-0.25, -0.2) is 0 Å². The zero-order valence-electron chi connectivity index (χ0n) is 10.3. The molecule has 1 aliphatic heterocycles. The lowest BCUT2D eigenvalue weighted by Gasteiger charge is -2.14. The molecular weight excluding hydrogens is 242 g/mol. The van der Waals surface area contributed by atoms with E-state index >= 15 is 0 Å². The Morgan fingerprint density at radius 1 is 1.47 bits per heavy atom. The minimum absolute atomic E-state index is 0.0499. The third-order valence-corrected chi connectivity index (χ3v) is 3.50. The number of amides is 2. The highest BCUT2D eigenvalue weighted by atomic mass is 16.2. The van der Waals surface area contributed by atoms with Gasteiger partial charge in [0.25, 0.3) is 5.91 Å². The molecule has 19 heavy (non-hydrogen) atoms. The second-order valence-corrected chi connectivity index (χ2v) is 4.88. The number of carbonyl (C=O) groups is 2. The molecule has 1 aromatic carbocycles. The molecule has 1 fully saturated rings. The van der Waals surface area contributed by atoms with Gasteiger partial charge in [-0.2, -0.15) is 5.26 Å². The normalized spacial score (nSPS) is 17.0. The van der Waals surface area contributed by atoms with Crippen molar-refractivity contribution >= 4 is 17.5 Å². The first-order chi connectivity index (χ1) is 9.20. The number of nitrogens with one attached hydrogen (secondary N) is 1. The standard InChI is InChI=1S/C14H13N3O2/c15-7-6-13(18)16-12-3-1-2-10-11(12)8-17(14(10)19)9-4-5-9/h1-3,9H,4-6,8H2,(H,16,18). The molecule has 2 amide bonds. The van der Waals surface area contributed by atoms with E-state index in [0.29, 0.717) is 23.8 Å². The molecule has 1 aliphatic carbocycles. The van der Waals surface area contributed by atoms with Crippen LogP contribution in [0.15, 0.2) is 18.2 Å². The maximum absolute atomic E-state index is 12.2. The van der Waals surface area contributed by atoms with Crippen LogP contribution in [0.25, 0.3) is 0 Å². The van der Waals surface area contributed by atoms with Crippen molar-refractivity contribution in [2.45, 2.75) is 31.8 Å². The smallest absolute Gasteiger partial charge is 0.254 e. The largest absolute Gasteiger partial charge is 0.331 e. The van der Waals surface area contributed by atoms with Gasteiger partial charge in [0.15, 0.2) is 0 Å². The van der Waals surface area contributed by atoms with E-state index in [0.717, 1.165) is 18.4 Å². The summed E-state index contributed by atoms with van der Waals surface area (Å²) in [4.78, 5) is 25.6. The van der Waals surface area contributed by atoms with Crippen molar-refractivity contribution in [1.29, 1.82) is 5.26 Å². The van der Waals surface area contributed by atoms with Crippen LogP contribution in [0.3, 0.4) is 0 Å². The predicted molar refractivity (Wildman–Crippen MR) is 68.2 cm³/mol. The van der Waals surface area contributed by atoms with E-state index < -0.39 is 0 Å². The summed E-state index contributed by atoms with van der Waals surface area (Å²) in [6, 6.07) is 7.50. The second-order valence-electron chi connectivity index (χ2n) is 4.88. The SMILES string of the molecule is N#CCC(=O)Nc1cccc2c1CN(C1CC1)C2=O. The highest BCUT2D eigenvalue weighted by Gasteiger charge is 2.39. The third-order valence-electron chi connectivity index (χ3n) is 3.50. The Morgan fingerprint density at radius 3 is 2.95 bits per heavy atom. The zero-order chi connectivity index (χ0) is 13.4. The lowest BCUT2D eigenvalue weighted by Crippen LogP contribution is -2.25. The van der Waals surface area contributed by atoms with Crippen LogP contribution in [0.5, 0.6) is 0 Å². The number of carbonyl (C=O) groups excluding carboxylic acids is 2. The number of fused-ring (bicyclic) bond motifs is 1. The van der Waals surface area contributed by atoms with E-state index in [1.807, 2.05) is 11.0 Å². The zero-order valence-corrected chi connectivity index (χ0v) is 10.3. The molecule has 0 radical (unpaired) electrons. The van der Waals surface area contributed by atoms with Gasteiger partial charge >= 0.3 is 0 Å². The fourth-order valence-electron chi connectivity index (χ4n) is 2.42. The molecule has 0 unspecified atom stereocenters. The number of hydrogen-bond acceptors (Lipinski definition) is 3. The number of hydrogen-bond donors (Lipinski definition) is 1. The van der Waals surface area contributed by atoms with Crippen LogP contribution < -0.4 is 5.32 Å². The maximum atomic E-state index is 12.2. The number of anilines is 1. The van der Waals surface area contributed by atoms with Crippen LogP contribution in [-0.4, -0.2) is 22.8 Å². The summed E-state index contributed by atoms with van der Waals surface area (Å²) in [6.07, 6.45) is 1.95. The predicted octanol–water partition coefficient (Wildman–Crippen LogP) is 1.66. The fraction of sp³-hybridized carbons (Fsp3) is 0.357. The second kappa shape index (κ2) is 4.39. The number of nitrogens with zero attached hydrogens (tertiary/aromatic N) is 2. The minimum Gasteiger partial charge on any atom is -0.331 e. The summed E-state index contributed by atoms with van der Waals surface area (Å²) >= 11 is 0. The van der Waals surface area contributed by atoms with Crippen molar-refractivity contribution in [2.24, 2.45) is 0 Å². The van der Waals surface area contributed by atoms with Crippen LogP contribution in [0.2, 0.25) is 0 Å². The van der Waals surface area contributed by atoms with Crippen molar-refractivity contribution in [2.75, 3.05) is 5.32 Å². The topological polar surface area (TPSA) is 73.2 Å². The highest BCUT2D eigenvalue weighted by Crippen LogP contribution is 2.37. The summed E-state index contributed by atoms with van der Waals surface area (Å²) in [5.41, 5.74) is 2.18. The van der Waals surface area contributed by atoms with Gasteiger partial charge in [0, 0.05) is 29.4 Å². The van der Waals surface area contributed by atoms with Gasteiger partial charge < -0.3 is 10.2 Å². The van der Waals surface area contributed by atoms with Gasteiger partial charge in [-0.3, -0.25) is 9.59 Å². The van der Waals surface area contributed by atoms with Crippen molar-refractivity contribution in [3.05, 3.63) is 29.3 Å². The summed E-state index contributed by atoms with van der Waals surface area (Å²) in [6.45, 7) is 0.557. The Hall–Kier alpha value is -2.35. The van der Waals surface area contributed by atoms with Crippen molar-refractivity contribution in [3.8, 4) is 6.07 Å². The lowest BCUT2D eigenvalue weighted by molar-refractivity contribution is -0.115. The van der Waals surface area contributed by atoms with Crippen LogP contribution >= 0.6 is 0 Å². The van der Waals surface area contributed by atoms with E-state index in [2.05, 4.69) is 5.32 Å². The molecule has 96 valence electrons. The van der Waals surface area contributed by atoms with E-state index in [4.69, 9.17) is 5.26 Å². The lowest BCUT2D eigenvalue weighted by atomic mass is 10.1.